The van der Waals surface area contributed by atoms with Gasteiger partial charge in [-0.2, -0.15) is 0 Å². The Morgan fingerprint density at radius 3 is 2.51 bits per heavy atom. The number of Topliss-reactive ketones (excluding diaryl/α,β-unsaturated/α-hetero) is 1. The number of nitrogens with one attached hydrogen (secondary N) is 2. The Bertz CT molecular complexity index is 1080. The summed E-state index contributed by atoms with van der Waals surface area (Å²) in [4.78, 5) is 30.1. The van der Waals surface area contributed by atoms with Gasteiger partial charge in [0.25, 0.3) is 0 Å². The number of amides is 1. The smallest absolute Gasteiger partial charge is 0.242 e. The van der Waals surface area contributed by atoms with Crippen LogP contribution in [0.2, 0.25) is 5.02 Å². The molecule has 0 bridgehead atoms. The number of rotatable bonds is 9. The third-order valence-corrected chi connectivity index (χ3v) is 7.10. The van der Waals surface area contributed by atoms with Gasteiger partial charge >= 0.3 is 0 Å². The minimum absolute atomic E-state index is 0. The first kappa shape index (κ1) is 33.7. The van der Waals surface area contributed by atoms with Crippen molar-refractivity contribution in [3.63, 3.8) is 0 Å². The van der Waals surface area contributed by atoms with Crippen molar-refractivity contribution in [2.45, 2.75) is 97.7 Å². The predicted octanol–water partition coefficient (Wildman–Crippen LogP) is 6.83. The van der Waals surface area contributed by atoms with Gasteiger partial charge in [-0.1, -0.05) is 45.7 Å². The van der Waals surface area contributed by atoms with Crippen LogP contribution < -0.4 is 10.6 Å². The second-order valence-corrected chi connectivity index (χ2v) is 11.7. The molecule has 2 unspecified atom stereocenters. The Kier molecular flexibility index (Phi) is 12.5. The lowest BCUT2D eigenvalue weighted by molar-refractivity contribution is -0.128. The van der Waals surface area contributed by atoms with Gasteiger partial charge in [0.05, 0.1) is 12.4 Å². The Morgan fingerprint density at radius 1 is 1.22 bits per heavy atom. The molecule has 1 aromatic heterocycles. The summed E-state index contributed by atoms with van der Waals surface area (Å²) in [5, 5.41) is 6.88. The average molecular weight is 667 g/mol. The number of imidazole rings is 1. The standard InChI is InChI=1S/C27H38ClFN4O2.2BrH/c1-7-8-22(31-19-10-9-17-11-18(29)12-21(28)20(17)13-19)25(35)32-24-15-33(16-30-24)27(5,6)14-23(34)26(2,3)4;;/h11-12,15-16,19,22,31H,7-10,13-14H2,1-6H3,(H,32,35);2*1H. The van der Waals surface area contributed by atoms with Gasteiger partial charge in [-0.05, 0) is 62.8 Å². The van der Waals surface area contributed by atoms with Crippen molar-refractivity contribution < 1.29 is 14.0 Å². The van der Waals surface area contributed by atoms with Gasteiger partial charge in [0.2, 0.25) is 5.91 Å². The summed E-state index contributed by atoms with van der Waals surface area (Å²) in [6, 6.07) is 2.60. The number of aryl methyl sites for hydroxylation is 1. The van der Waals surface area contributed by atoms with Crippen LogP contribution in [0.15, 0.2) is 24.7 Å². The molecule has 0 aliphatic heterocycles. The highest BCUT2D eigenvalue weighted by Crippen LogP contribution is 2.30. The summed E-state index contributed by atoms with van der Waals surface area (Å²) in [7, 11) is 0. The van der Waals surface area contributed by atoms with Gasteiger partial charge in [-0.25, -0.2) is 9.37 Å². The molecule has 1 aliphatic rings. The van der Waals surface area contributed by atoms with E-state index in [0.717, 1.165) is 30.4 Å². The zero-order valence-electron chi connectivity index (χ0n) is 22.5. The molecule has 1 aromatic carbocycles. The Balaban J connectivity index is 0.00000342. The van der Waals surface area contributed by atoms with Gasteiger partial charge in [0.15, 0.2) is 5.82 Å². The zero-order chi connectivity index (χ0) is 26.0. The number of carbonyl (C=O) groups excluding carboxylic acids is 2. The van der Waals surface area contributed by atoms with Gasteiger partial charge in [0.1, 0.15) is 11.6 Å². The number of fused-ring (bicyclic) bond motifs is 1. The van der Waals surface area contributed by atoms with Crippen molar-refractivity contribution >= 4 is 63.1 Å². The third-order valence-electron chi connectivity index (χ3n) is 6.76. The largest absolute Gasteiger partial charge is 0.329 e. The molecular weight excluding hydrogens is 627 g/mol. The monoisotopic (exact) mass is 664 g/mol. The summed E-state index contributed by atoms with van der Waals surface area (Å²) in [5.74, 6) is 0.179. The Hall–Kier alpha value is -1.29. The summed E-state index contributed by atoms with van der Waals surface area (Å²) in [5.41, 5.74) is 1.03. The lowest BCUT2D eigenvalue weighted by Gasteiger charge is -2.30. The molecule has 6 nitrogen and oxygen atoms in total. The number of ketones is 1. The fourth-order valence-corrected chi connectivity index (χ4v) is 4.78. The first-order valence-electron chi connectivity index (χ1n) is 12.4. The van der Waals surface area contributed by atoms with Crippen LogP contribution in [0.4, 0.5) is 10.2 Å². The van der Waals surface area contributed by atoms with E-state index in [0.29, 0.717) is 30.1 Å². The minimum atomic E-state index is -0.463. The summed E-state index contributed by atoms with van der Waals surface area (Å²) in [6.07, 6.45) is 7.52. The minimum Gasteiger partial charge on any atom is -0.329 e. The molecule has 2 atom stereocenters. The van der Waals surface area contributed by atoms with Crippen LogP contribution in [0.5, 0.6) is 0 Å². The highest BCUT2D eigenvalue weighted by Gasteiger charge is 2.31. The molecule has 0 spiro atoms. The van der Waals surface area contributed by atoms with E-state index in [1.807, 2.05) is 46.1 Å². The number of anilines is 1. The predicted molar refractivity (Wildman–Crippen MR) is 159 cm³/mol. The molecule has 2 N–H and O–H groups in total. The SMILES string of the molecule is Br.Br.CCCC(NC1CCc2cc(F)cc(Cl)c2C1)C(=O)Nc1cn(C(C)(C)CC(=O)C(C)(C)C)cn1. The van der Waals surface area contributed by atoms with Gasteiger partial charge in [-0.15, -0.1) is 34.0 Å². The van der Waals surface area contributed by atoms with Gasteiger partial charge in [0, 0.05) is 34.6 Å². The van der Waals surface area contributed by atoms with Crippen molar-refractivity contribution in [1.82, 2.24) is 14.9 Å². The first-order chi connectivity index (χ1) is 16.3. The second-order valence-electron chi connectivity index (χ2n) is 11.3. The molecule has 208 valence electrons. The first-order valence-corrected chi connectivity index (χ1v) is 12.8. The molecule has 0 saturated heterocycles. The summed E-state index contributed by atoms with van der Waals surface area (Å²) >= 11 is 6.30. The van der Waals surface area contributed by atoms with Crippen LogP contribution in [0.25, 0.3) is 0 Å². The van der Waals surface area contributed by atoms with Crippen LogP contribution in [0, 0.1) is 11.2 Å². The molecule has 3 rings (SSSR count). The number of nitrogens with zero attached hydrogens (tertiary/aromatic N) is 2. The van der Waals surface area contributed by atoms with Crippen molar-refractivity contribution in [3.05, 3.63) is 46.6 Å². The van der Waals surface area contributed by atoms with E-state index in [1.165, 1.54) is 6.07 Å². The number of aromatic nitrogens is 2. The molecule has 1 heterocycles. The van der Waals surface area contributed by atoms with Crippen LogP contribution in [0.3, 0.4) is 0 Å². The number of hydrogen-bond donors (Lipinski definition) is 2. The molecule has 0 radical (unpaired) electrons. The highest BCUT2D eigenvalue weighted by molar-refractivity contribution is 8.93. The normalized spacial score (nSPS) is 16.2. The van der Waals surface area contributed by atoms with E-state index >= 15 is 0 Å². The van der Waals surface area contributed by atoms with Crippen molar-refractivity contribution in [1.29, 1.82) is 0 Å². The number of halogens is 4. The lowest BCUT2D eigenvalue weighted by Crippen LogP contribution is -2.47. The highest BCUT2D eigenvalue weighted by atomic mass is 79.9. The van der Waals surface area contributed by atoms with E-state index < -0.39 is 11.0 Å². The molecular formula is C27H40Br2ClFN4O2. The van der Waals surface area contributed by atoms with E-state index in [1.54, 1.807) is 18.6 Å². The van der Waals surface area contributed by atoms with Crippen LogP contribution in [-0.4, -0.2) is 33.3 Å². The molecule has 1 aliphatic carbocycles. The molecule has 0 saturated carbocycles. The number of benzene rings is 1. The molecule has 10 heteroatoms. The molecule has 2 aromatic rings. The maximum absolute atomic E-state index is 13.7. The number of hydrogen-bond acceptors (Lipinski definition) is 4. The van der Waals surface area contributed by atoms with Crippen LogP contribution in [0.1, 0.15) is 78.4 Å². The Morgan fingerprint density at radius 2 is 1.89 bits per heavy atom. The molecule has 37 heavy (non-hydrogen) atoms. The number of carbonyl (C=O) groups is 2. The van der Waals surface area contributed by atoms with Crippen molar-refractivity contribution in [3.8, 4) is 0 Å². The maximum atomic E-state index is 13.7. The van der Waals surface area contributed by atoms with Crippen LogP contribution in [-0.2, 0) is 28.0 Å². The molecule has 0 fully saturated rings. The van der Waals surface area contributed by atoms with Crippen molar-refractivity contribution in [2.24, 2.45) is 5.41 Å². The summed E-state index contributed by atoms with van der Waals surface area (Å²) in [6.45, 7) is 11.8. The lowest BCUT2D eigenvalue weighted by atomic mass is 9.83. The Labute approximate surface area is 246 Å². The molecule has 1 amide bonds. The van der Waals surface area contributed by atoms with E-state index in [2.05, 4.69) is 15.6 Å². The van der Waals surface area contributed by atoms with Gasteiger partial charge in [-0.3, -0.25) is 9.59 Å². The fourth-order valence-electron chi connectivity index (χ4n) is 4.47. The van der Waals surface area contributed by atoms with Crippen LogP contribution >= 0.6 is 45.6 Å². The zero-order valence-corrected chi connectivity index (χ0v) is 26.7. The van der Waals surface area contributed by atoms with E-state index in [-0.39, 0.29) is 63.6 Å². The van der Waals surface area contributed by atoms with Gasteiger partial charge < -0.3 is 15.2 Å². The third kappa shape index (κ3) is 8.87. The van der Waals surface area contributed by atoms with Crippen molar-refractivity contribution in [2.75, 3.05) is 5.32 Å². The topological polar surface area (TPSA) is 76.0 Å². The maximum Gasteiger partial charge on any atom is 0.242 e. The summed E-state index contributed by atoms with van der Waals surface area (Å²) < 4.78 is 15.6. The van der Waals surface area contributed by atoms with E-state index in [9.17, 15) is 14.0 Å². The quantitative estimate of drug-likeness (QED) is 0.308. The second kappa shape index (κ2) is 13.7. The van der Waals surface area contributed by atoms with E-state index in [4.69, 9.17) is 11.6 Å². The average Bonchev–Trinajstić information content (AvgIpc) is 3.22. The fraction of sp³-hybridized carbons (Fsp3) is 0.593.